The maximum atomic E-state index is 14.1. The number of alkyl halides is 2. The molecule has 10 nitrogen and oxygen atoms in total. The summed E-state index contributed by atoms with van der Waals surface area (Å²) >= 11 is 0. The first-order valence-corrected chi connectivity index (χ1v) is 15.0. The van der Waals surface area contributed by atoms with Crippen LogP contribution in [-0.2, 0) is 20.8 Å². The molecule has 4 aliphatic carbocycles. The van der Waals surface area contributed by atoms with E-state index in [1.807, 2.05) is 6.07 Å². The third-order valence-electron chi connectivity index (χ3n) is 10.3. The van der Waals surface area contributed by atoms with Gasteiger partial charge in [-0.2, -0.15) is 0 Å². The second-order valence-corrected chi connectivity index (χ2v) is 12.7. The van der Waals surface area contributed by atoms with Crippen LogP contribution in [0.3, 0.4) is 0 Å². The first-order chi connectivity index (χ1) is 20.4. The van der Waals surface area contributed by atoms with E-state index in [4.69, 9.17) is 5.73 Å². The number of benzene rings is 1. The van der Waals surface area contributed by atoms with Gasteiger partial charge in [0.2, 0.25) is 5.78 Å². The minimum Gasteiger partial charge on any atom is -0.508 e. The highest BCUT2D eigenvalue weighted by Crippen LogP contribution is 2.53. The molecule has 1 aliphatic heterocycles. The van der Waals surface area contributed by atoms with Gasteiger partial charge in [0.1, 0.15) is 22.8 Å². The number of ketones is 2. The molecule has 1 aromatic rings. The van der Waals surface area contributed by atoms with E-state index in [9.17, 15) is 43.6 Å². The molecule has 4 unspecified atom stereocenters. The number of hydrogen-bond donors (Lipinski definition) is 6. The Morgan fingerprint density at radius 3 is 2.37 bits per heavy atom. The number of likely N-dealkylation sites (tertiary alicyclic amines) is 1. The van der Waals surface area contributed by atoms with Crippen LogP contribution < -0.4 is 11.1 Å². The van der Waals surface area contributed by atoms with Gasteiger partial charge in [0.25, 0.3) is 12.3 Å². The molecule has 5 aliphatic rings. The molecule has 0 spiro atoms. The lowest BCUT2D eigenvalue weighted by atomic mass is 9.57. The molecule has 0 radical (unpaired) electrons. The molecule has 7 N–H and O–H groups in total. The topological polar surface area (TPSA) is 173 Å². The number of carbonyl (C=O) groups excluding carboxylic acids is 3. The average Bonchev–Trinajstić information content (AvgIpc) is 3.48. The number of rotatable bonds is 6. The fraction of sp³-hybridized carbons (Fsp3) is 0.581. The number of amides is 1. The summed E-state index contributed by atoms with van der Waals surface area (Å²) in [7, 11) is 0. The summed E-state index contributed by atoms with van der Waals surface area (Å²) in [5.74, 6) is -6.65. The normalized spacial score (nSPS) is 30.6. The van der Waals surface area contributed by atoms with Crippen molar-refractivity contribution in [2.75, 3.05) is 19.6 Å². The van der Waals surface area contributed by atoms with E-state index in [1.165, 1.54) is 6.07 Å². The second-order valence-electron chi connectivity index (χ2n) is 12.7. The van der Waals surface area contributed by atoms with Gasteiger partial charge in [-0.05, 0) is 80.6 Å². The van der Waals surface area contributed by atoms with Crippen molar-refractivity contribution in [1.29, 1.82) is 0 Å². The lowest BCUT2D eigenvalue weighted by Gasteiger charge is -2.50. The summed E-state index contributed by atoms with van der Waals surface area (Å²) in [6, 6.07) is 1.72. The van der Waals surface area contributed by atoms with Gasteiger partial charge in [0.05, 0.1) is 18.2 Å². The van der Waals surface area contributed by atoms with Crippen LogP contribution in [0.25, 0.3) is 5.76 Å². The van der Waals surface area contributed by atoms with Crippen molar-refractivity contribution in [3.05, 3.63) is 45.7 Å². The van der Waals surface area contributed by atoms with E-state index in [0.717, 1.165) is 36.8 Å². The average molecular weight is 602 g/mol. The molecular weight excluding hydrogens is 564 g/mol. The van der Waals surface area contributed by atoms with Gasteiger partial charge in [-0.3, -0.25) is 19.3 Å². The van der Waals surface area contributed by atoms with Crippen LogP contribution in [-0.4, -0.2) is 86.5 Å². The van der Waals surface area contributed by atoms with Gasteiger partial charge in [-0.1, -0.05) is 18.9 Å². The number of nitrogens with two attached hydrogens (primary N) is 1. The Kier molecular flexibility index (Phi) is 7.58. The number of piperidine rings is 1. The van der Waals surface area contributed by atoms with Gasteiger partial charge in [-0.25, -0.2) is 8.78 Å². The minimum atomic E-state index is -2.73. The predicted molar refractivity (Wildman–Crippen MR) is 150 cm³/mol. The second kappa shape index (κ2) is 11.0. The number of fused-ring (bicyclic) bond motifs is 3. The van der Waals surface area contributed by atoms with Gasteiger partial charge in [-0.15, -0.1) is 0 Å². The molecule has 1 aromatic carbocycles. The lowest BCUT2D eigenvalue weighted by molar-refractivity contribution is -0.150. The molecule has 6 rings (SSSR count). The van der Waals surface area contributed by atoms with Crippen LogP contribution in [0.5, 0.6) is 5.75 Å². The van der Waals surface area contributed by atoms with Crippen molar-refractivity contribution in [2.24, 2.45) is 17.6 Å². The number of primary amides is 1. The zero-order valence-corrected chi connectivity index (χ0v) is 23.7. The van der Waals surface area contributed by atoms with Gasteiger partial charge < -0.3 is 31.5 Å². The summed E-state index contributed by atoms with van der Waals surface area (Å²) in [5.41, 5.74) is 3.51. The number of Topliss-reactive ketones (excluding diaryl/α,β-unsaturated/α-hetero) is 2. The highest BCUT2D eigenvalue weighted by Gasteiger charge is 2.64. The number of aliphatic hydroxyl groups excluding tert-OH is 2. The first-order valence-electron chi connectivity index (χ1n) is 15.0. The predicted octanol–water partition coefficient (Wildman–Crippen LogP) is 2.38. The Hall–Kier alpha value is -3.35. The maximum Gasteiger partial charge on any atom is 0.255 e. The fourth-order valence-corrected chi connectivity index (χ4v) is 8.24. The van der Waals surface area contributed by atoms with Crippen molar-refractivity contribution in [1.82, 2.24) is 10.2 Å². The van der Waals surface area contributed by atoms with E-state index in [-0.39, 0.29) is 48.2 Å². The van der Waals surface area contributed by atoms with Crippen LogP contribution in [0.1, 0.15) is 67.6 Å². The largest absolute Gasteiger partial charge is 0.508 e. The number of aromatic hydroxyl groups is 1. The molecule has 1 saturated heterocycles. The SMILES string of the molecule is NC(=O)C1=C(O)C2(O)C(=O)C3=C(O)c4c(O)ccc(C5CCCC5)c4CC3CC2C(NC2CCN(CC(F)F)CC2)C1=O. The Bertz CT molecular complexity index is 1430. The van der Waals surface area contributed by atoms with Crippen LogP contribution in [0.15, 0.2) is 29.0 Å². The molecule has 4 atom stereocenters. The van der Waals surface area contributed by atoms with E-state index in [0.29, 0.717) is 25.9 Å². The van der Waals surface area contributed by atoms with Crippen molar-refractivity contribution >= 4 is 23.2 Å². The van der Waals surface area contributed by atoms with Crippen LogP contribution in [0, 0.1) is 11.8 Å². The minimum absolute atomic E-state index is 0.00454. The zero-order chi connectivity index (χ0) is 30.8. The number of phenols is 1. The van der Waals surface area contributed by atoms with Crippen molar-refractivity contribution in [2.45, 2.75) is 81.4 Å². The molecule has 0 aromatic heterocycles. The summed E-state index contributed by atoms with van der Waals surface area (Å²) in [6.07, 6.45) is 2.67. The summed E-state index contributed by atoms with van der Waals surface area (Å²) in [5, 5.41) is 48.5. The number of hydrogen-bond acceptors (Lipinski definition) is 9. The van der Waals surface area contributed by atoms with E-state index >= 15 is 0 Å². The Morgan fingerprint density at radius 1 is 1.07 bits per heavy atom. The lowest BCUT2D eigenvalue weighted by Crippen LogP contribution is -2.67. The maximum absolute atomic E-state index is 14.1. The van der Waals surface area contributed by atoms with Crippen LogP contribution in [0.2, 0.25) is 0 Å². The van der Waals surface area contributed by atoms with Gasteiger partial charge in [0.15, 0.2) is 11.4 Å². The van der Waals surface area contributed by atoms with E-state index in [1.54, 1.807) is 4.90 Å². The molecule has 2 saturated carbocycles. The van der Waals surface area contributed by atoms with E-state index < -0.39 is 64.5 Å². The smallest absolute Gasteiger partial charge is 0.255 e. The number of nitrogens with one attached hydrogen (secondary N) is 1. The number of aliphatic hydroxyl groups is 3. The highest BCUT2D eigenvalue weighted by molar-refractivity contribution is 6.24. The molecular formula is C31H37F2N3O7. The molecule has 0 bridgehead atoms. The Labute approximate surface area is 247 Å². The first kappa shape index (κ1) is 29.7. The summed E-state index contributed by atoms with van der Waals surface area (Å²) in [4.78, 5) is 41.8. The number of halogens is 2. The number of nitrogens with zero attached hydrogens (tertiary/aromatic N) is 1. The van der Waals surface area contributed by atoms with Crippen molar-refractivity contribution < 1.29 is 43.6 Å². The quantitative estimate of drug-likeness (QED) is 0.268. The van der Waals surface area contributed by atoms with Gasteiger partial charge in [0, 0.05) is 17.5 Å². The van der Waals surface area contributed by atoms with Crippen molar-refractivity contribution in [3.63, 3.8) is 0 Å². The number of carbonyl (C=O) groups is 3. The van der Waals surface area contributed by atoms with Gasteiger partial charge >= 0.3 is 0 Å². The third kappa shape index (κ3) is 4.74. The van der Waals surface area contributed by atoms with Crippen LogP contribution in [0.4, 0.5) is 8.78 Å². The van der Waals surface area contributed by atoms with E-state index in [2.05, 4.69) is 5.32 Å². The molecule has 43 heavy (non-hydrogen) atoms. The Balaban J connectivity index is 1.39. The molecule has 3 fully saturated rings. The molecule has 1 amide bonds. The molecule has 1 heterocycles. The van der Waals surface area contributed by atoms with Crippen LogP contribution >= 0.6 is 0 Å². The van der Waals surface area contributed by atoms with Crippen molar-refractivity contribution in [3.8, 4) is 5.75 Å². The fourth-order valence-electron chi connectivity index (χ4n) is 8.24. The Morgan fingerprint density at radius 2 is 1.74 bits per heavy atom. The monoisotopic (exact) mass is 601 g/mol. The third-order valence-corrected chi connectivity index (χ3v) is 10.3. The number of phenolic OH excluding ortho intramolecular Hbond substituents is 1. The highest BCUT2D eigenvalue weighted by atomic mass is 19.3. The molecule has 12 heteroatoms. The summed E-state index contributed by atoms with van der Waals surface area (Å²) < 4.78 is 25.8. The zero-order valence-electron chi connectivity index (χ0n) is 23.7. The standard InChI is InChI=1S/C31H37F2N3O7/c32-21(33)13-36-9-7-16(8-10-36)35-25-19-12-15-11-18-17(14-3-1-2-4-14)5-6-20(37)23(18)26(38)22(15)28(40)31(19,43)29(41)24(27(25)39)30(34)42/h5-6,14-16,19,21,25,35,37-38,41,43H,1-4,7-13H2,(H2,34,42). The molecule has 232 valence electrons. The summed E-state index contributed by atoms with van der Waals surface area (Å²) in [6.45, 7) is 0.316.